The fraction of sp³-hybridized carbons (Fsp3) is 0. The minimum atomic E-state index is 0.584. The molecule has 0 atom stereocenters. The Kier molecular flexibility index (Phi) is 6.78. The first-order chi connectivity index (χ1) is 22.3. The molecule has 1 aromatic heterocycles. The fourth-order valence-corrected chi connectivity index (χ4v) is 5.99. The molecule has 7 aromatic carbocycles. The van der Waals surface area contributed by atoms with E-state index in [9.17, 15) is 0 Å². The molecule has 0 aliphatic heterocycles. The van der Waals surface area contributed by atoms with Crippen LogP contribution in [0.2, 0.25) is 0 Å². The number of nitrogens with zero attached hydrogens (tertiary/aromatic N) is 3. The van der Waals surface area contributed by atoms with Crippen LogP contribution in [0.3, 0.4) is 0 Å². The van der Waals surface area contributed by atoms with E-state index in [1.54, 1.807) is 0 Å². The monoisotopic (exact) mass is 579 g/mol. The van der Waals surface area contributed by atoms with E-state index in [0.29, 0.717) is 5.89 Å². The third kappa shape index (κ3) is 4.98. The number of para-hydroxylation sites is 3. The Bertz CT molecular complexity index is 2170. The molecule has 0 saturated heterocycles. The molecule has 0 aliphatic carbocycles. The summed E-state index contributed by atoms with van der Waals surface area (Å²) < 4.78 is 6.70. The molecular formula is C41H29N3O. The lowest BCUT2D eigenvalue weighted by molar-refractivity contribution is 0.620. The van der Waals surface area contributed by atoms with E-state index in [4.69, 9.17) is 9.40 Å². The molecule has 0 bridgehead atoms. The van der Waals surface area contributed by atoms with Crippen molar-refractivity contribution in [2.45, 2.75) is 0 Å². The maximum Gasteiger partial charge on any atom is 0.227 e. The molecule has 0 N–H and O–H groups in total. The van der Waals surface area contributed by atoms with Crippen molar-refractivity contribution in [3.05, 3.63) is 176 Å². The lowest BCUT2D eigenvalue weighted by Gasteiger charge is -2.30. The molecule has 0 radical (unpaired) electrons. The Labute approximate surface area is 262 Å². The van der Waals surface area contributed by atoms with Crippen molar-refractivity contribution in [3.8, 4) is 11.5 Å². The molecule has 45 heavy (non-hydrogen) atoms. The second-order valence-electron chi connectivity index (χ2n) is 10.9. The van der Waals surface area contributed by atoms with Gasteiger partial charge in [0.15, 0.2) is 5.58 Å². The van der Waals surface area contributed by atoms with Crippen molar-refractivity contribution in [1.82, 2.24) is 4.98 Å². The quantitative estimate of drug-likeness (QED) is 0.188. The van der Waals surface area contributed by atoms with Crippen LogP contribution in [-0.2, 0) is 0 Å². The zero-order valence-corrected chi connectivity index (χ0v) is 24.5. The number of oxazole rings is 1. The maximum absolute atomic E-state index is 6.70. The SMILES string of the molecule is c1ccc(-c2nc3cc(N(c4ccccc4)c4ccccc4)cc(N(c4ccccc4)c4cccc5ccccc45)c3o2)cc1. The molecule has 0 fully saturated rings. The van der Waals surface area contributed by atoms with Crippen LogP contribution in [0.4, 0.5) is 34.1 Å². The first-order valence-electron chi connectivity index (χ1n) is 15.1. The highest BCUT2D eigenvalue weighted by molar-refractivity contribution is 6.04. The van der Waals surface area contributed by atoms with E-state index < -0.39 is 0 Å². The van der Waals surface area contributed by atoms with Crippen LogP contribution < -0.4 is 9.80 Å². The van der Waals surface area contributed by atoms with Crippen LogP contribution in [0, 0.1) is 0 Å². The number of benzene rings is 7. The Morgan fingerprint density at radius 2 is 0.956 bits per heavy atom. The van der Waals surface area contributed by atoms with Crippen LogP contribution in [0.15, 0.2) is 180 Å². The van der Waals surface area contributed by atoms with Crippen molar-refractivity contribution in [2.24, 2.45) is 0 Å². The number of hydrogen-bond acceptors (Lipinski definition) is 4. The molecule has 0 unspecified atom stereocenters. The lowest BCUT2D eigenvalue weighted by atomic mass is 10.1. The van der Waals surface area contributed by atoms with Crippen LogP contribution in [0.1, 0.15) is 0 Å². The molecule has 1 heterocycles. The van der Waals surface area contributed by atoms with Crippen LogP contribution in [0.25, 0.3) is 33.3 Å². The first-order valence-corrected chi connectivity index (χ1v) is 15.1. The summed E-state index contributed by atoms with van der Waals surface area (Å²) in [4.78, 5) is 9.65. The van der Waals surface area contributed by atoms with E-state index in [1.165, 1.54) is 5.39 Å². The van der Waals surface area contributed by atoms with Gasteiger partial charge in [-0.05, 0) is 72.1 Å². The largest absolute Gasteiger partial charge is 0.434 e. The van der Waals surface area contributed by atoms with Gasteiger partial charge in [-0.2, -0.15) is 0 Å². The van der Waals surface area contributed by atoms with Gasteiger partial charge >= 0.3 is 0 Å². The normalized spacial score (nSPS) is 11.1. The van der Waals surface area contributed by atoms with E-state index >= 15 is 0 Å². The molecule has 0 amide bonds. The molecule has 8 aromatic rings. The minimum absolute atomic E-state index is 0.584. The van der Waals surface area contributed by atoms with Crippen LogP contribution >= 0.6 is 0 Å². The van der Waals surface area contributed by atoms with Gasteiger partial charge in [0.05, 0.1) is 17.1 Å². The predicted octanol–water partition coefficient (Wildman–Crippen LogP) is 11.6. The Balaban J connectivity index is 1.45. The van der Waals surface area contributed by atoms with E-state index in [1.807, 2.05) is 48.5 Å². The van der Waals surface area contributed by atoms with Gasteiger partial charge in [0, 0.05) is 28.0 Å². The summed E-state index contributed by atoms with van der Waals surface area (Å²) in [6.45, 7) is 0. The highest BCUT2D eigenvalue weighted by Crippen LogP contribution is 2.46. The summed E-state index contributed by atoms with van der Waals surface area (Å²) in [6.07, 6.45) is 0. The standard InChI is InChI=1S/C41H29N3O/c1-5-17-31(18-6-1)41-42-37-28-35(43(32-20-7-2-8-21-32)33-22-9-3-10-23-33)29-39(40(37)45-41)44(34-24-11-4-12-25-34)38-27-15-19-30-16-13-14-26-36(30)38/h1-29H. The lowest BCUT2D eigenvalue weighted by Crippen LogP contribution is -2.13. The van der Waals surface area contributed by atoms with Crippen molar-refractivity contribution in [2.75, 3.05) is 9.80 Å². The Hall–Kier alpha value is -6.13. The zero-order chi connectivity index (χ0) is 30.0. The summed E-state index contributed by atoms with van der Waals surface area (Å²) >= 11 is 0. The minimum Gasteiger partial charge on any atom is -0.434 e. The smallest absolute Gasteiger partial charge is 0.227 e. The summed E-state index contributed by atoms with van der Waals surface area (Å²) in [5.74, 6) is 0.584. The molecule has 4 heteroatoms. The van der Waals surface area contributed by atoms with E-state index in [-0.39, 0.29) is 0 Å². The second-order valence-corrected chi connectivity index (χ2v) is 10.9. The first kappa shape index (κ1) is 26.5. The zero-order valence-electron chi connectivity index (χ0n) is 24.5. The Morgan fingerprint density at radius 3 is 1.60 bits per heavy atom. The topological polar surface area (TPSA) is 32.5 Å². The van der Waals surface area contributed by atoms with Crippen LogP contribution in [0.5, 0.6) is 0 Å². The van der Waals surface area contributed by atoms with Crippen molar-refractivity contribution < 1.29 is 4.42 Å². The van der Waals surface area contributed by atoms with Gasteiger partial charge in [-0.1, -0.05) is 109 Å². The molecule has 214 valence electrons. The highest BCUT2D eigenvalue weighted by atomic mass is 16.3. The Morgan fingerprint density at radius 1 is 0.422 bits per heavy atom. The molecular weight excluding hydrogens is 550 g/mol. The number of anilines is 6. The van der Waals surface area contributed by atoms with Crippen molar-refractivity contribution in [1.29, 1.82) is 0 Å². The van der Waals surface area contributed by atoms with Gasteiger partial charge < -0.3 is 14.2 Å². The molecule has 0 spiro atoms. The van der Waals surface area contributed by atoms with E-state index in [0.717, 1.165) is 56.2 Å². The van der Waals surface area contributed by atoms with E-state index in [2.05, 4.69) is 137 Å². The third-order valence-electron chi connectivity index (χ3n) is 8.03. The van der Waals surface area contributed by atoms with Gasteiger partial charge in [0.2, 0.25) is 5.89 Å². The molecule has 4 nitrogen and oxygen atoms in total. The molecule has 0 aliphatic rings. The van der Waals surface area contributed by atoms with Gasteiger partial charge in [0.25, 0.3) is 0 Å². The van der Waals surface area contributed by atoms with Gasteiger partial charge in [-0.25, -0.2) is 4.98 Å². The van der Waals surface area contributed by atoms with Gasteiger partial charge in [-0.15, -0.1) is 0 Å². The molecule has 8 rings (SSSR count). The second kappa shape index (κ2) is 11.5. The fourth-order valence-electron chi connectivity index (χ4n) is 5.99. The summed E-state index contributed by atoms with van der Waals surface area (Å²) in [6, 6.07) is 60.8. The van der Waals surface area contributed by atoms with Crippen molar-refractivity contribution >= 4 is 56.0 Å². The maximum atomic E-state index is 6.70. The van der Waals surface area contributed by atoms with Gasteiger partial charge in [0.1, 0.15) is 5.52 Å². The predicted molar refractivity (Wildman–Crippen MR) is 186 cm³/mol. The average molecular weight is 580 g/mol. The summed E-state index contributed by atoms with van der Waals surface area (Å²) in [7, 11) is 0. The third-order valence-corrected chi connectivity index (χ3v) is 8.03. The summed E-state index contributed by atoms with van der Waals surface area (Å²) in [5, 5.41) is 2.31. The average Bonchev–Trinajstić information content (AvgIpc) is 3.55. The van der Waals surface area contributed by atoms with Crippen LogP contribution in [-0.4, -0.2) is 4.98 Å². The number of hydrogen-bond donors (Lipinski definition) is 0. The number of rotatable bonds is 7. The van der Waals surface area contributed by atoms with Gasteiger partial charge in [-0.3, -0.25) is 0 Å². The van der Waals surface area contributed by atoms with Crippen molar-refractivity contribution in [3.63, 3.8) is 0 Å². The highest BCUT2D eigenvalue weighted by Gasteiger charge is 2.24. The number of fused-ring (bicyclic) bond motifs is 2. The molecule has 0 saturated carbocycles. The number of aromatic nitrogens is 1. The summed E-state index contributed by atoms with van der Waals surface area (Å²) in [5.41, 5.74) is 8.49.